The minimum Gasteiger partial charge on any atom is -0.466 e. The van der Waals surface area contributed by atoms with E-state index < -0.39 is 12.0 Å². The fourth-order valence-corrected chi connectivity index (χ4v) is 3.30. The Labute approximate surface area is 174 Å². The van der Waals surface area contributed by atoms with E-state index in [9.17, 15) is 14.4 Å². The first-order valence-corrected chi connectivity index (χ1v) is 10.4. The first-order valence-electron chi connectivity index (χ1n) is 9.59. The van der Waals surface area contributed by atoms with E-state index in [1.165, 1.54) is 11.3 Å². The van der Waals surface area contributed by atoms with Gasteiger partial charge in [0.15, 0.2) is 0 Å². The van der Waals surface area contributed by atoms with Gasteiger partial charge in [-0.3, -0.25) is 19.7 Å². The third-order valence-electron chi connectivity index (χ3n) is 4.35. The number of carbonyl (C=O) groups excluding carboxylic acids is 3. The smallest absolute Gasteiger partial charge is 0.306 e. The van der Waals surface area contributed by atoms with Crippen molar-refractivity contribution in [2.75, 3.05) is 11.9 Å². The molecule has 0 radical (unpaired) electrons. The summed E-state index contributed by atoms with van der Waals surface area (Å²) < 4.78 is 4.82. The summed E-state index contributed by atoms with van der Waals surface area (Å²) in [5.74, 6) is -1.27. The molecule has 2 rings (SSSR count). The Morgan fingerprint density at radius 2 is 1.83 bits per heavy atom. The van der Waals surface area contributed by atoms with Gasteiger partial charge in [0.1, 0.15) is 11.0 Å². The molecule has 156 valence electrons. The van der Waals surface area contributed by atoms with Crippen LogP contribution < -0.4 is 10.6 Å². The van der Waals surface area contributed by atoms with E-state index in [1.807, 2.05) is 44.2 Å². The van der Waals surface area contributed by atoms with Crippen molar-refractivity contribution in [1.29, 1.82) is 0 Å². The molecule has 8 nitrogen and oxygen atoms in total. The summed E-state index contributed by atoms with van der Waals surface area (Å²) in [5.41, 5.74) is 0.913. The van der Waals surface area contributed by atoms with Crippen LogP contribution in [0.2, 0.25) is 0 Å². The lowest BCUT2D eigenvalue weighted by Gasteiger charge is -2.22. The number of carbonyl (C=O) groups is 3. The third kappa shape index (κ3) is 6.94. The molecule has 29 heavy (non-hydrogen) atoms. The van der Waals surface area contributed by atoms with Crippen molar-refractivity contribution in [2.45, 2.75) is 46.1 Å². The van der Waals surface area contributed by atoms with E-state index in [4.69, 9.17) is 4.74 Å². The Bertz CT molecular complexity index is 825. The molecule has 2 unspecified atom stereocenters. The van der Waals surface area contributed by atoms with E-state index in [2.05, 4.69) is 20.8 Å². The zero-order valence-electron chi connectivity index (χ0n) is 16.8. The first kappa shape index (κ1) is 22.5. The third-order valence-corrected chi connectivity index (χ3v) is 5.24. The molecule has 0 spiro atoms. The zero-order valence-corrected chi connectivity index (χ0v) is 17.6. The number of rotatable bonds is 10. The summed E-state index contributed by atoms with van der Waals surface area (Å²) in [5, 5.41) is 14.6. The first-order chi connectivity index (χ1) is 13.9. The average molecular weight is 419 g/mol. The van der Waals surface area contributed by atoms with Crippen molar-refractivity contribution in [1.82, 2.24) is 15.5 Å². The van der Waals surface area contributed by atoms with Gasteiger partial charge in [-0.05, 0) is 12.8 Å². The summed E-state index contributed by atoms with van der Waals surface area (Å²) in [6.45, 7) is 5.79. The van der Waals surface area contributed by atoms with Gasteiger partial charge < -0.3 is 10.1 Å². The Morgan fingerprint density at radius 1 is 1.10 bits per heavy atom. The van der Waals surface area contributed by atoms with Crippen LogP contribution in [0.5, 0.6) is 0 Å². The van der Waals surface area contributed by atoms with Gasteiger partial charge in [-0.15, -0.1) is 10.2 Å². The number of hydrogen-bond donors (Lipinski definition) is 2. The second-order valence-electron chi connectivity index (χ2n) is 6.50. The molecule has 0 fully saturated rings. The SMILES string of the molecule is CCOC(=O)CCC(=O)NC(C(=O)Nc1nnc(-c2ccccc2)s1)C(C)CC. The van der Waals surface area contributed by atoms with Crippen molar-refractivity contribution in [3.05, 3.63) is 30.3 Å². The number of hydrogen-bond acceptors (Lipinski definition) is 7. The Hall–Kier alpha value is -2.81. The maximum absolute atomic E-state index is 12.8. The van der Waals surface area contributed by atoms with Crippen LogP contribution in [0.3, 0.4) is 0 Å². The molecular weight excluding hydrogens is 392 g/mol. The largest absolute Gasteiger partial charge is 0.466 e. The number of anilines is 1. The van der Waals surface area contributed by atoms with Crippen LogP contribution in [0.4, 0.5) is 5.13 Å². The van der Waals surface area contributed by atoms with Gasteiger partial charge in [0.05, 0.1) is 13.0 Å². The van der Waals surface area contributed by atoms with Crippen molar-refractivity contribution < 1.29 is 19.1 Å². The van der Waals surface area contributed by atoms with Crippen LogP contribution in [0.1, 0.15) is 40.0 Å². The van der Waals surface area contributed by atoms with Gasteiger partial charge in [0.25, 0.3) is 0 Å². The highest BCUT2D eigenvalue weighted by atomic mass is 32.1. The molecule has 0 bridgehead atoms. The monoisotopic (exact) mass is 418 g/mol. The van der Waals surface area contributed by atoms with Crippen molar-refractivity contribution >= 4 is 34.3 Å². The van der Waals surface area contributed by atoms with Gasteiger partial charge >= 0.3 is 5.97 Å². The number of esters is 1. The molecule has 2 N–H and O–H groups in total. The maximum atomic E-state index is 12.8. The van der Waals surface area contributed by atoms with Gasteiger partial charge in [0.2, 0.25) is 16.9 Å². The highest BCUT2D eigenvalue weighted by Gasteiger charge is 2.27. The van der Waals surface area contributed by atoms with Crippen LogP contribution >= 0.6 is 11.3 Å². The average Bonchev–Trinajstić information content (AvgIpc) is 3.19. The maximum Gasteiger partial charge on any atom is 0.306 e. The summed E-state index contributed by atoms with van der Waals surface area (Å²) in [6.07, 6.45) is 0.642. The lowest BCUT2D eigenvalue weighted by molar-refractivity contribution is -0.144. The fourth-order valence-electron chi connectivity index (χ4n) is 2.55. The topological polar surface area (TPSA) is 110 Å². The van der Waals surface area contributed by atoms with E-state index in [0.717, 1.165) is 5.56 Å². The van der Waals surface area contributed by atoms with Crippen LogP contribution in [-0.2, 0) is 19.1 Å². The molecule has 1 aromatic carbocycles. The fraction of sp³-hybridized carbons (Fsp3) is 0.450. The second kappa shape index (κ2) is 11.3. The van der Waals surface area contributed by atoms with Crippen LogP contribution in [-0.4, -0.2) is 40.6 Å². The predicted molar refractivity (Wildman–Crippen MR) is 111 cm³/mol. The minimum atomic E-state index is -0.737. The zero-order chi connectivity index (χ0) is 21.2. The molecular formula is C20H26N4O4S. The lowest BCUT2D eigenvalue weighted by Crippen LogP contribution is -2.47. The number of amides is 2. The molecule has 0 aliphatic heterocycles. The molecule has 0 saturated heterocycles. The number of aromatic nitrogens is 2. The Kier molecular flexibility index (Phi) is 8.72. The second-order valence-corrected chi connectivity index (χ2v) is 7.48. The van der Waals surface area contributed by atoms with Crippen LogP contribution in [0, 0.1) is 5.92 Å². The van der Waals surface area contributed by atoms with Gasteiger partial charge in [-0.25, -0.2) is 0 Å². The molecule has 2 atom stereocenters. The standard InChI is InChI=1S/C20H26N4O4S/c1-4-13(3)17(21-15(25)11-12-16(26)28-5-2)18(27)22-20-24-23-19(29-20)14-9-7-6-8-10-14/h6-10,13,17H,4-5,11-12H2,1-3H3,(H,21,25)(H,22,24,27). The molecule has 2 aromatic rings. The van der Waals surface area contributed by atoms with Crippen LogP contribution in [0.25, 0.3) is 10.6 Å². The van der Waals surface area contributed by atoms with E-state index >= 15 is 0 Å². The molecule has 2 amide bonds. The predicted octanol–water partition coefficient (Wildman–Crippen LogP) is 3.02. The highest BCUT2D eigenvalue weighted by Crippen LogP contribution is 2.26. The lowest BCUT2D eigenvalue weighted by atomic mass is 9.98. The highest BCUT2D eigenvalue weighted by molar-refractivity contribution is 7.18. The Balaban J connectivity index is 1.99. The Morgan fingerprint density at radius 3 is 2.48 bits per heavy atom. The number of benzene rings is 1. The molecule has 9 heteroatoms. The van der Waals surface area contributed by atoms with Gasteiger partial charge in [-0.2, -0.15) is 0 Å². The van der Waals surface area contributed by atoms with Crippen LogP contribution in [0.15, 0.2) is 30.3 Å². The quantitative estimate of drug-likeness (QED) is 0.574. The minimum absolute atomic E-state index is 0.0225. The van der Waals surface area contributed by atoms with Crippen molar-refractivity contribution in [3.8, 4) is 10.6 Å². The molecule has 1 aromatic heterocycles. The van der Waals surface area contributed by atoms with Gasteiger partial charge in [-0.1, -0.05) is 61.9 Å². The number of nitrogens with zero attached hydrogens (tertiary/aromatic N) is 2. The molecule has 1 heterocycles. The molecule has 0 aliphatic rings. The number of nitrogens with one attached hydrogen (secondary N) is 2. The van der Waals surface area contributed by atoms with Crippen molar-refractivity contribution in [3.63, 3.8) is 0 Å². The normalized spacial score (nSPS) is 12.7. The summed E-state index contributed by atoms with van der Waals surface area (Å²) in [7, 11) is 0. The van der Waals surface area contributed by atoms with Crippen molar-refractivity contribution in [2.24, 2.45) is 5.92 Å². The number of ether oxygens (including phenoxy) is 1. The van der Waals surface area contributed by atoms with E-state index in [1.54, 1.807) is 6.92 Å². The van der Waals surface area contributed by atoms with Gasteiger partial charge in [0, 0.05) is 12.0 Å². The summed E-state index contributed by atoms with van der Waals surface area (Å²) in [4.78, 5) is 36.4. The summed E-state index contributed by atoms with van der Waals surface area (Å²) >= 11 is 1.26. The van der Waals surface area contributed by atoms with E-state index in [0.29, 0.717) is 16.6 Å². The van der Waals surface area contributed by atoms with E-state index in [-0.39, 0.29) is 37.2 Å². The molecule has 0 saturated carbocycles. The molecule has 0 aliphatic carbocycles. The summed E-state index contributed by atoms with van der Waals surface area (Å²) in [6, 6.07) is 8.81.